The molecule has 0 saturated carbocycles. The van der Waals surface area contributed by atoms with Crippen LogP contribution in [0.25, 0.3) is 0 Å². The lowest BCUT2D eigenvalue weighted by molar-refractivity contribution is -0.262. The highest BCUT2D eigenvalue weighted by Gasteiger charge is 2.43. The van der Waals surface area contributed by atoms with Crippen molar-refractivity contribution in [1.82, 2.24) is 0 Å². The summed E-state index contributed by atoms with van der Waals surface area (Å²) in [6.07, 6.45) is -7.63. The lowest BCUT2D eigenvalue weighted by Crippen LogP contribution is -2.57. The number of aliphatic hydroxyl groups excluding tert-OH is 3. The Balaban J connectivity index is 2.63. The zero-order chi connectivity index (χ0) is 9.30. The molecule has 0 aromatic carbocycles. The summed E-state index contributed by atoms with van der Waals surface area (Å²) in [5.74, 6) is 0. The first-order valence-electron chi connectivity index (χ1n) is 3.61. The second kappa shape index (κ2) is 3.63. The molecular weight excluding hydrogens is 169 g/mol. The van der Waals surface area contributed by atoms with Gasteiger partial charge in [0.05, 0.1) is 0 Å². The Morgan fingerprint density at radius 2 is 1.83 bits per heavy atom. The van der Waals surface area contributed by atoms with E-state index in [0.717, 1.165) is 0 Å². The minimum atomic E-state index is -1.98. The van der Waals surface area contributed by atoms with Gasteiger partial charge >= 0.3 is 0 Å². The number of rotatable bonds is 1. The predicted molar refractivity (Wildman–Crippen MR) is 36.8 cm³/mol. The van der Waals surface area contributed by atoms with Crippen LogP contribution in [0.2, 0.25) is 0 Å². The molecule has 5 nitrogen and oxygen atoms in total. The van der Waals surface area contributed by atoms with Crippen LogP contribution in [0.4, 0.5) is 4.39 Å². The van der Waals surface area contributed by atoms with Crippen LogP contribution < -0.4 is 5.73 Å². The summed E-state index contributed by atoms with van der Waals surface area (Å²) in [4.78, 5) is 0. The summed E-state index contributed by atoms with van der Waals surface area (Å²) in [5, 5.41) is 27.0. The molecule has 72 valence electrons. The number of hydrogen-bond acceptors (Lipinski definition) is 5. The number of alkyl halides is 1. The van der Waals surface area contributed by atoms with Crippen LogP contribution in [0.15, 0.2) is 0 Å². The smallest absolute Gasteiger partial charge is 0.189 e. The van der Waals surface area contributed by atoms with Gasteiger partial charge in [-0.1, -0.05) is 0 Å². The van der Waals surface area contributed by atoms with Crippen LogP contribution in [0.5, 0.6) is 0 Å². The molecule has 0 aromatic heterocycles. The first-order chi connectivity index (χ1) is 5.57. The molecule has 1 aliphatic heterocycles. The maximum atomic E-state index is 12.7. The van der Waals surface area contributed by atoms with Crippen molar-refractivity contribution in [1.29, 1.82) is 0 Å². The third-order valence-corrected chi connectivity index (χ3v) is 1.88. The largest absolute Gasteiger partial charge is 0.388 e. The van der Waals surface area contributed by atoms with Crippen LogP contribution in [-0.2, 0) is 4.74 Å². The molecule has 0 radical (unpaired) electrons. The third kappa shape index (κ3) is 1.57. The molecule has 5 atom stereocenters. The van der Waals surface area contributed by atoms with E-state index < -0.39 is 30.8 Å². The summed E-state index contributed by atoms with van der Waals surface area (Å²) < 4.78 is 17.3. The SMILES string of the molecule is NC[C@H]1OC(O)[C@H](F)[C@@H](O)[C@@H]1O. The van der Waals surface area contributed by atoms with Gasteiger partial charge in [-0.15, -0.1) is 0 Å². The first-order valence-corrected chi connectivity index (χ1v) is 3.61. The highest BCUT2D eigenvalue weighted by Crippen LogP contribution is 2.21. The van der Waals surface area contributed by atoms with Gasteiger partial charge in [-0.25, -0.2) is 4.39 Å². The van der Waals surface area contributed by atoms with Crippen LogP contribution in [-0.4, -0.2) is 52.6 Å². The average Bonchev–Trinajstić information content (AvgIpc) is 2.08. The highest BCUT2D eigenvalue weighted by atomic mass is 19.1. The van der Waals surface area contributed by atoms with Crippen LogP contribution in [0.1, 0.15) is 0 Å². The van der Waals surface area contributed by atoms with Gasteiger partial charge in [0.1, 0.15) is 18.3 Å². The fraction of sp³-hybridized carbons (Fsp3) is 1.00. The molecule has 12 heavy (non-hydrogen) atoms. The van der Waals surface area contributed by atoms with E-state index in [1.54, 1.807) is 0 Å². The van der Waals surface area contributed by atoms with Crippen molar-refractivity contribution in [3.8, 4) is 0 Å². The second-order valence-corrected chi connectivity index (χ2v) is 2.73. The third-order valence-electron chi connectivity index (χ3n) is 1.88. The molecule has 0 bridgehead atoms. The average molecular weight is 181 g/mol. The number of hydrogen-bond donors (Lipinski definition) is 4. The van der Waals surface area contributed by atoms with E-state index in [1.807, 2.05) is 0 Å². The molecule has 1 fully saturated rings. The molecule has 0 aliphatic carbocycles. The van der Waals surface area contributed by atoms with Gasteiger partial charge in [-0.2, -0.15) is 0 Å². The Bertz CT molecular complexity index is 154. The monoisotopic (exact) mass is 181 g/mol. The van der Waals surface area contributed by atoms with Crippen molar-refractivity contribution < 1.29 is 24.4 Å². The Labute approximate surface area is 68.6 Å². The molecular formula is C6H12FNO4. The van der Waals surface area contributed by atoms with Crippen molar-refractivity contribution >= 4 is 0 Å². The molecule has 1 aliphatic rings. The standard InChI is InChI=1S/C6H12FNO4/c7-3-5(10)4(9)2(1-8)12-6(3)11/h2-6,9-11H,1,8H2/t2-,3-,4-,5-,6?/m1/s1. The Kier molecular flexibility index (Phi) is 2.97. The van der Waals surface area contributed by atoms with Gasteiger partial charge in [-0.05, 0) is 0 Å². The van der Waals surface area contributed by atoms with Gasteiger partial charge in [0.25, 0.3) is 0 Å². The van der Waals surface area contributed by atoms with Crippen molar-refractivity contribution in [3.05, 3.63) is 0 Å². The Morgan fingerprint density at radius 1 is 1.25 bits per heavy atom. The van der Waals surface area contributed by atoms with Crippen molar-refractivity contribution in [2.75, 3.05) is 6.54 Å². The molecule has 1 saturated heterocycles. The fourth-order valence-electron chi connectivity index (χ4n) is 1.11. The van der Waals surface area contributed by atoms with Crippen LogP contribution in [0.3, 0.4) is 0 Å². The predicted octanol–water partition coefficient (Wildman–Crippen LogP) is -2.28. The zero-order valence-electron chi connectivity index (χ0n) is 6.30. The number of nitrogens with two attached hydrogens (primary N) is 1. The lowest BCUT2D eigenvalue weighted by atomic mass is 10.0. The Hall–Kier alpha value is -0.270. The molecule has 5 N–H and O–H groups in total. The van der Waals surface area contributed by atoms with E-state index in [0.29, 0.717) is 0 Å². The minimum absolute atomic E-state index is 0.0813. The number of aliphatic hydroxyl groups is 3. The molecule has 1 unspecified atom stereocenters. The van der Waals surface area contributed by atoms with Gasteiger partial charge < -0.3 is 25.8 Å². The topological polar surface area (TPSA) is 95.9 Å². The second-order valence-electron chi connectivity index (χ2n) is 2.73. The van der Waals surface area contributed by atoms with Gasteiger partial charge in [0, 0.05) is 6.54 Å². The zero-order valence-corrected chi connectivity index (χ0v) is 6.30. The quantitative estimate of drug-likeness (QED) is 0.365. The summed E-state index contributed by atoms with van der Waals surface area (Å²) >= 11 is 0. The van der Waals surface area contributed by atoms with Crippen LogP contribution in [0, 0.1) is 0 Å². The van der Waals surface area contributed by atoms with E-state index in [1.165, 1.54) is 0 Å². The molecule has 0 aromatic rings. The number of ether oxygens (including phenoxy) is 1. The molecule has 0 spiro atoms. The molecule has 6 heteroatoms. The highest BCUT2D eigenvalue weighted by molar-refractivity contribution is 4.88. The van der Waals surface area contributed by atoms with E-state index in [2.05, 4.69) is 4.74 Å². The van der Waals surface area contributed by atoms with Gasteiger partial charge in [0.2, 0.25) is 0 Å². The van der Waals surface area contributed by atoms with Crippen molar-refractivity contribution in [2.24, 2.45) is 5.73 Å². The van der Waals surface area contributed by atoms with Crippen molar-refractivity contribution in [2.45, 2.75) is 30.8 Å². The summed E-state index contributed by atoms with van der Waals surface area (Å²) in [5.41, 5.74) is 5.13. The van der Waals surface area contributed by atoms with E-state index in [-0.39, 0.29) is 6.54 Å². The molecule has 1 heterocycles. The molecule has 0 amide bonds. The first kappa shape index (κ1) is 9.82. The van der Waals surface area contributed by atoms with Crippen LogP contribution >= 0.6 is 0 Å². The maximum absolute atomic E-state index is 12.7. The Morgan fingerprint density at radius 3 is 2.33 bits per heavy atom. The van der Waals surface area contributed by atoms with Crippen molar-refractivity contribution in [3.63, 3.8) is 0 Å². The fourth-order valence-corrected chi connectivity index (χ4v) is 1.11. The lowest BCUT2D eigenvalue weighted by Gasteiger charge is -2.36. The minimum Gasteiger partial charge on any atom is -0.388 e. The normalized spacial score (nSPS) is 49.2. The van der Waals surface area contributed by atoms with E-state index in [4.69, 9.17) is 21.1 Å². The molecule has 1 rings (SSSR count). The van der Waals surface area contributed by atoms with E-state index in [9.17, 15) is 4.39 Å². The maximum Gasteiger partial charge on any atom is 0.189 e. The summed E-state index contributed by atoms with van der Waals surface area (Å²) in [6, 6.07) is 0. The van der Waals surface area contributed by atoms with Gasteiger partial charge in [0.15, 0.2) is 12.5 Å². The summed E-state index contributed by atoms with van der Waals surface area (Å²) in [7, 11) is 0. The summed E-state index contributed by atoms with van der Waals surface area (Å²) in [6.45, 7) is -0.0813. The number of halogens is 1. The van der Waals surface area contributed by atoms with Gasteiger partial charge in [-0.3, -0.25) is 0 Å². The van der Waals surface area contributed by atoms with E-state index >= 15 is 0 Å².